The maximum absolute atomic E-state index is 13.4. The fraction of sp³-hybridized carbons (Fsp3) is 0.545. The number of nitrogens with one attached hydrogen (secondary N) is 2. The summed E-state index contributed by atoms with van der Waals surface area (Å²) in [4.78, 5) is 51.3. The van der Waals surface area contributed by atoms with Gasteiger partial charge in [0.1, 0.15) is 30.0 Å². The first-order valence-electron chi connectivity index (χ1n) is 10.3. The Balaban J connectivity index is 3.20. The number of thioether (sulfide) groups is 1. The molecule has 0 heterocycles. The molecule has 0 aliphatic heterocycles. The lowest BCUT2D eigenvalue weighted by Crippen LogP contribution is -2.52. The number of alkyl carbamates (subject to hydrolysis) is 1. The Morgan fingerprint density at radius 1 is 1.21 bits per heavy atom. The number of ether oxygens (including phenoxy) is 2. The van der Waals surface area contributed by atoms with Gasteiger partial charge in [-0.25, -0.2) is 4.79 Å². The van der Waals surface area contributed by atoms with Crippen LogP contribution in [0.4, 0.5) is 4.79 Å². The van der Waals surface area contributed by atoms with Crippen LogP contribution in [0.3, 0.4) is 0 Å². The standard InChI is InChI=1S/C22H33N3O7S/c1-22(2,3)32-21(30)24-16(10-11-33-6)20(29)25(4)18(14-8-7-9-15(26)12-14)19(28)23-13-17(27)31-5/h7-9,12,16,18,26H,10-11,13H2,1-6H3,(H,23,28)(H,24,30). The van der Waals surface area contributed by atoms with Gasteiger partial charge in [0.15, 0.2) is 0 Å². The molecule has 0 radical (unpaired) electrons. The number of likely N-dealkylation sites (N-methyl/N-ethyl adjacent to an activating group) is 1. The topological polar surface area (TPSA) is 134 Å². The Kier molecular flexibility index (Phi) is 11.0. The maximum atomic E-state index is 13.4. The van der Waals surface area contributed by atoms with Crippen LogP contribution in [-0.2, 0) is 23.9 Å². The van der Waals surface area contributed by atoms with E-state index < -0.39 is 48.1 Å². The van der Waals surface area contributed by atoms with E-state index in [1.54, 1.807) is 26.8 Å². The van der Waals surface area contributed by atoms with Crippen LogP contribution in [0.5, 0.6) is 5.75 Å². The van der Waals surface area contributed by atoms with Crippen molar-refractivity contribution in [3.05, 3.63) is 29.8 Å². The summed E-state index contributed by atoms with van der Waals surface area (Å²) in [6.45, 7) is 4.74. The Hall–Kier alpha value is -2.95. The fourth-order valence-electron chi connectivity index (χ4n) is 2.89. The highest BCUT2D eigenvalue weighted by molar-refractivity contribution is 7.98. The minimum absolute atomic E-state index is 0.0927. The number of phenols is 1. The average Bonchev–Trinajstić information content (AvgIpc) is 2.73. The number of hydrogen-bond acceptors (Lipinski definition) is 8. The van der Waals surface area contributed by atoms with Gasteiger partial charge in [-0.3, -0.25) is 14.4 Å². The van der Waals surface area contributed by atoms with Crippen LogP contribution >= 0.6 is 11.8 Å². The van der Waals surface area contributed by atoms with E-state index >= 15 is 0 Å². The van der Waals surface area contributed by atoms with Crippen LogP contribution in [0.15, 0.2) is 24.3 Å². The average molecular weight is 484 g/mol. The number of methoxy groups -OCH3 is 1. The van der Waals surface area contributed by atoms with Gasteiger partial charge in [-0.05, 0) is 56.9 Å². The van der Waals surface area contributed by atoms with Gasteiger partial charge in [0.05, 0.1) is 7.11 Å². The van der Waals surface area contributed by atoms with E-state index in [1.165, 1.54) is 49.0 Å². The third-order valence-corrected chi connectivity index (χ3v) is 5.05. The summed E-state index contributed by atoms with van der Waals surface area (Å²) in [7, 11) is 2.60. The van der Waals surface area contributed by atoms with Crippen molar-refractivity contribution < 1.29 is 33.8 Å². The van der Waals surface area contributed by atoms with Crippen LogP contribution in [0.1, 0.15) is 38.8 Å². The van der Waals surface area contributed by atoms with E-state index in [-0.39, 0.29) is 5.75 Å². The first-order valence-corrected chi connectivity index (χ1v) is 11.7. The zero-order valence-electron chi connectivity index (χ0n) is 19.8. The zero-order chi connectivity index (χ0) is 25.2. The second-order valence-corrected chi connectivity index (χ2v) is 9.21. The second-order valence-electron chi connectivity index (χ2n) is 8.22. The van der Waals surface area contributed by atoms with E-state index in [1.807, 2.05) is 6.26 Å². The quantitative estimate of drug-likeness (QED) is 0.429. The smallest absolute Gasteiger partial charge is 0.408 e. The van der Waals surface area contributed by atoms with Crippen molar-refractivity contribution in [3.8, 4) is 5.75 Å². The van der Waals surface area contributed by atoms with Crippen LogP contribution < -0.4 is 10.6 Å². The lowest BCUT2D eigenvalue weighted by atomic mass is 10.0. The number of esters is 1. The first kappa shape index (κ1) is 28.1. The Labute approximate surface area is 198 Å². The lowest BCUT2D eigenvalue weighted by molar-refractivity contribution is -0.143. The Morgan fingerprint density at radius 3 is 2.42 bits per heavy atom. The summed E-state index contributed by atoms with van der Waals surface area (Å²) in [6, 6.07) is 3.76. The van der Waals surface area contributed by atoms with Gasteiger partial charge in [0.2, 0.25) is 11.8 Å². The van der Waals surface area contributed by atoms with E-state index in [9.17, 15) is 24.3 Å². The molecule has 0 aliphatic carbocycles. The van der Waals surface area contributed by atoms with E-state index in [4.69, 9.17) is 4.74 Å². The molecule has 11 heteroatoms. The van der Waals surface area contributed by atoms with Crippen molar-refractivity contribution in [1.82, 2.24) is 15.5 Å². The zero-order valence-corrected chi connectivity index (χ0v) is 20.7. The molecule has 10 nitrogen and oxygen atoms in total. The number of phenolic OH excluding ortho intramolecular Hbond substituents is 1. The molecule has 0 fully saturated rings. The van der Waals surface area contributed by atoms with Crippen LogP contribution in [0.25, 0.3) is 0 Å². The van der Waals surface area contributed by atoms with Gasteiger partial charge >= 0.3 is 12.1 Å². The van der Waals surface area contributed by atoms with E-state index in [0.717, 1.165) is 0 Å². The molecule has 1 rings (SSSR count). The summed E-state index contributed by atoms with van der Waals surface area (Å²) in [5.74, 6) is -1.36. The molecule has 2 unspecified atom stereocenters. The largest absolute Gasteiger partial charge is 0.508 e. The van der Waals surface area contributed by atoms with Crippen LogP contribution in [0, 0.1) is 0 Å². The van der Waals surface area contributed by atoms with Crippen molar-refractivity contribution in [2.24, 2.45) is 0 Å². The minimum atomic E-state index is -1.17. The number of benzene rings is 1. The van der Waals surface area contributed by atoms with Gasteiger partial charge < -0.3 is 30.1 Å². The predicted octanol–water partition coefficient (Wildman–Crippen LogP) is 1.83. The number of amides is 3. The summed E-state index contributed by atoms with van der Waals surface area (Å²) in [5, 5.41) is 14.9. The number of aromatic hydroxyl groups is 1. The van der Waals surface area contributed by atoms with Crippen molar-refractivity contribution in [2.75, 3.05) is 32.7 Å². The van der Waals surface area contributed by atoms with Crippen molar-refractivity contribution in [3.63, 3.8) is 0 Å². The van der Waals surface area contributed by atoms with Gasteiger partial charge in [0, 0.05) is 7.05 Å². The molecular weight excluding hydrogens is 450 g/mol. The Morgan fingerprint density at radius 2 is 1.88 bits per heavy atom. The van der Waals surface area contributed by atoms with E-state index in [0.29, 0.717) is 17.7 Å². The molecule has 184 valence electrons. The highest BCUT2D eigenvalue weighted by atomic mass is 32.2. The lowest BCUT2D eigenvalue weighted by Gasteiger charge is -2.31. The van der Waals surface area contributed by atoms with E-state index in [2.05, 4.69) is 15.4 Å². The molecule has 0 saturated heterocycles. The van der Waals surface area contributed by atoms with Crippen molar-refractivity contribution >= 4 is 35.6 Å². The number of nitrogens with zero attached hydrogens (tertiary/aromatic N) is 1. The SMILES string of the molecule is COC(=O)CNC(=O)C(c1cccc(O)c1)N(C)C(=O)C(CCSC)NC(=O)OC(C)(C)C. The molecule has 33 heavy (non-hydrogen) atoms. The first-order chi connectivity index (χ1) is 15.4. The molecule has 1 aromatic rings. The molecule has 0 aromatic heterocycles. The third kappa shape index (κ3) is 9.60. The van der Waals surface area contributed by atoms with Crippen LogP contribution in [0.2, 0.25) is 0 Å². The molecule has 0 spiro atoms. The number of hydrogen-bond donors (Lipinski definition) is 3. The summed E-state index contributed by atoms with van der Waals surface area (Å²) in [6.07, 6.45) is 1.42. The molecule has 0 bridgehead atoms. The highest BCUT2D eigenvalue weighted by Crippen LogP contribution is 2.24. The summed E-state index contributed by atoms with van der Waals surface area (Å²) >= 11 is 1.50. The molecule has 3 N–H and O–H groups in total. The molecule has 1 aromatic carbocycles. The monoisotopic (exact) mass is 483 g/mol. The highest BCUT2D eigenvalue weighted by Gasteiger charge is 2.34. The normalized spacial score (nSPS) is 12.8. The molecular formula is C22H33N3O7S. The van der Waals surface area contributed by atoms with Crippen molar-refractivity contribution in [1.29, 1.82) is 0 Å². The summed E-state index contributed by atoms with van der Waals surface area (Å²) < 4.78 is 9.81. The third-order valence-electron chi connectivity index (χ3n) is 4.40. The van der Waals surface area contributed by atoms with Crippen molar-refractivity contribution in [2.45, 2.75) is 44.9 Å². The fourth-order valence-corrected chi connectivity index (χ4v) is 3.36. The predicted molar refractivity (Wildman–Crippen MR) is 125 cm³/mol. The number of rotatable bonds is 10. The molecule has 0 aliphatic rings. The van der Waals surface area contributed by atoms with Gasteiger partial charge in [-0.2, -0.15) is 11.8 Å². The summed E-state index contributed by atoms with van der Waals surface area (Å²) in [5.41, 5.74) is -0.421. The molecule has 2 atom stereocenters. The Bertz CT molecular complexity index is 842. The minimum Gasteiger partial charge on any atom is -0.508 e. The number of carbonyl (C=O) groups is 4. The van der Waals surface area contributed by atoms with Gasteiger partial charge in [-0.1, -0.05) is 12.1 Å². The maximum Gasteiger partial charge on any atom is 0.408 e. The van der Waals surface area contributed by atoms with Crippen LogP contribution in [-0.4, -0.2) is 78.2 Å². The number of carbonyl (C=O) groups excluding carboxylic acids is 4. The molecule has 3 amide bonds. The van der Waals surface area contributed by atoms with Gasteiger partial charge in [-0.15, -0.1) is 0 Å². The van der Waals surface area contributed by atoms with Gasteiger partial charge in [0.25, 0.3) is 0 Å². The second kappa shape index (κ2) is 12.9. The molecule has 0 saturated carbocycles.